The second-order valence-electron chi connectivity index (χ2n) is 12.9. The number of allylic oxidation sites excluding steroid dienone is 1. The number of rotatable bonds is 11. The van der Waals surface area contributed by atoms with E-state index < -0.39 is 0 Å². The third-order valence-electron chi connectivity index (χ3n) is 7.88. The largest absolute Gasteiger partial charge is 0.0998 e. The van der Waals surface area contributed by atoms with Crippen molar-refractivity contribution in [2.45, 2.75) is 99.3 Å². The fourth-order valence-corrected chi connectivity index (χ4v) is 6.50. The zero-order valence-corrected chi connectivity index (χ0v) is 24.9. The lowest BCUT2D eigenvalue weighted by Gasteiger charge is -2.38. The van der Waals surface area contributed by atoms with E-state index >= 15 is 0 Å². The Hall–Kier alpha value is -2.60. The first-order valence-corrected chi connectivity index (χ1v) is 14.3. The lowest BCUT2D eigenvalue weighted by atomic mass is 9.65. The Morgan fingerprint density at radius 2 is 1.49 bits per heavy atom. The van der Waals surface area contributed by atoms with Gasteiger partial charge in [0.2, 0.25) is 0 Å². The molecule has 0 aliphatic rings. The van der Waals surface area contributed by atoms with Gasteiger partial charge in [-0.05, 0) is 98.4 Å². The van der Waals surface area contributed by atoms with Crippen molar-refractivity contribution >= 4 is 0 Å². The minimum absolute atomic E-state index is 0.109. The maximum atomic E-state index is 4.72. The van der Waals surface area contributed by atoms with Crippen molar-refractivity contribution in [1.82, 2.24) is 0 Å². The van der Waals surface area contributed by atoms with Gasteiger partial charge >= 0.3 is 0 Å². The number of hydrogen-bond donors (Lipinski definition) is 0. The number of benzene rings is 3. The van der Waals surface area contributed by atoms with Gasteiger partial charge in [0, 0.05) is 5.41 Å². The van der Waals surface area contributed by atoms with Crippen LogP contribution in [0.15, 0.2) is 78.9 Å². The van der Waals surface area contributed by atoms with Crippen molar-refractivity contribution in [3.8, 4) is 0 Å². The van der Waals surface area contributed by atoms with Gasteiger partial charge in [-0.15, -0.1) is 0 Å². The second kappa shape index (κ2) is 12.3. The highest BCUT2D eigenvalue weighted by Gasteiger charge is 2.35. The van der Waals surface area contributed by atoms with Gasteiger partial charge in [0.1, 0.15) is 0 Å². The molecule has 0 heterocycles. The van der Waals surface area contributed by atoms with E-state index in [0.717, 1.165) is 32.1 Å². The third-order valence-corrected chi connectivity index (χ3v) is 7.88. The molecule has 0 amide bonds. The summed E-state index contributed by atoms with van der Waals surface area (Å²) in [5.74, 6) is 0.628. The average molecular weight is 495 g/mol. The minimum Gasteiger partial charge on any atom is -0.0998 e. The van der Waals surface area contributed by atoms with E-state index in [1.165, 1.54) is 50.9 Å². The monoisotopic (exact) mass is 494 g/mol. The van der Waals surface area contributed by atoms with Crippen LogP contribution >= 0.6 is 0 Å². The molecule has 0 spiro atoms. The lowest BCUT2D eigenvalue weighted by molar-refractivity contribution is 0.302. The van der Waals surface area contributed by atoms with E-state index in [-0.39, 0.29) is 5.41 Å². The van der Waals surface area contributed by atoms with Gasteiger partial charge in [0.05, 0.1) is 0 Å². The zero-order chi connectivity index (χ0) is 27.2. The maximum Gasteiger partial charge on any atom is 0.0243 e. The summed E-state index contributed by atoms with van der Waals surface area (Å²) in [7, 11) is 0. The van der Waals surface area contributed by atoms with Gasteiger partial charge in [-0.1, -0.05) is 125 Å². The van der Waals surface area contributed by atoms with Crippen molar-refractivity contribution in [3.05, 3.63) is 118 Å². The van der Waals surface area contributed by atoms with Crippen LogP contribution in [0.25, 0.3) is 0 Å². The average Bonchev–Trinajstić information content (AvgIpc) is 2.80. The summed E-state index contributed by atoms with van der Waals surface area (Å²) in [5.41, 5.74) is 11.4. The first-order chi connectivity index (χ1) is 17.4. The predicted molar refractivity (Wildman–Crippen MR) is 164 cm³/mol. The molecule has 3 aromatic rings. The van der Waals surface area contributed by atoms with E-state index in [1.807, 2.05) is 0 Å². The van der Waals surface area contributed by atoms with Crippen LogP contribution in [0, 0.1) is 32.1 Å². The fourth-order valence-electron chi connectivity index (χ4n) is 6.50. The summed E-state index contributed by atoms with van der Waals surface area (Å²) in [6.07, 6.45) is 6.48. The molecule has 0 saturated heterocycles. The first kappa shape index (κ1) is 29.0. The molecule has 0 bridgehead atoms. The third kappa shape index (κ3) is 7.94. The van der Waals surface area contributed by atoms with Gasteiger partial charge in [0.15, 0.2) is 0 Å². The molecule has 0 N–H and O–H groups in total. The van der Waals surface area contributed by atoms with Gasteiger partial charge in [-0.2, -0.15) is 0 Å². The van der Waals surface area contributed by atoms with Crippen molar-refractivity contribution in [2.24, 2.45) is 11.3 Å². The number of hydrogen-bond acceptors (Lipinski definition) is 0. The van der Waals surface area contributed by atoms with Crippen molar-refractivity contribution in [3.63, 3.8) is 0 Å². The molecule has 0 saturated carbocycles. The van der Waals surface area contributed by atoms with Crippen molar-refractivity contribution in [2.75, 3.05) is 0 Å². The summed E-state index contributed by atoms with van der Waals surface area (Å²) in [4.78, 5) is 0. The molecule has 37 heavy (non-hydrogen) atoms. The normalized spacial score (nSPS) is 14.3. The highest BCUT2D eigenvalue weighted by atomic mass is 14.4. The Balaban J connectivity index is 2.13. The fraction of sp³-hybridized carbons (Fsp3) is 0.459. The quantitative estimate of drug-likeness (QED) is 0.232. The summed E-state index contributed by atoms with van der Waals surface area (Å²) in [6, 6.07) is 25.4. The van der Waals surface area contributed by atoms with Crippen molar-refractivity contribution < 1.29 is 0 Å². The highest BCUT2D eigenvalue weighted by molar-refractivity contribution is 5.47. The van der Waals surface area contributed by atoms with Crippen LogP contribution in [0.2, 0.25) is 0 Å². The van der Waals surface area contributed by atoms with E-state index in [0.29, 0.717) is 11.3 Å². The van der Waals surface area contributed by atoms with Gasteiger partial charge in [0.25, 0.3) is 0 Å². The standard InChI is InChI=1S/C37H50/c1-10-33-16-17-34(24-31(33)6)37(19-18-32-14-12-11-13-15-32,35-22-27(2)20-28(3)23-35)26-30(5)21-29(4)25-36(7,8)9/h11-17,20,22-24,29H,5,10,18-19,21,25-26H2,1-4,6-9H3. The molecule has 0 radical (unpaired) electrons. The van der Waals surface area contributed by atoms with Crippen molar-refractivity contribution in [1.29, 1.82) is 0 Å². The Morgan fingerprint density at radius 1 is 0.838 bits per heavy atom. The van der Waals surface area contributed by atoms with Gasteiger partial charge in [-0.25, -0.2) is 0 Å². The Bertz CT molecular complexity index is 1150. The molecule has 0 aliphatic carbocycles. The molecular formula is C37H50. The lowest BCUT2D eigenvalue weighted by Crippen LogP contribution is -2.30. The molecule has 0 aromatic heterocycles. The Morgan fingerprint density at radius 3 is 2.05 bits per heavy atom. The second-order valence-corrected chi connectivity index (χ2v) is 12.9. The summed E-state index contributed by atoms with van der Waals surface area (Å²) in [6.45, 7) is 23.2. The Labute approximate surface area is 228 Å². The van der Waals surface area contributed by atoms with Crippen LogP contribution in [0.4, 0.5) is 0 Å². The summed E-state index contributed by atoms with van der Waals surface area (Å²) >= 11 is 0. The highest BCUT2D eigenvalue weighted by Crippen LogP contribution is 2.44. The van der Waals surface area contributed by atoms with Crippen LogP contribution in [-0.2, 0) is 18.3 Å². The van der Waals surface area contributed by atoms with Gasteiger partial charge in [-0.3, -0.25) is 0 Å². The molecule has 2 atom stereocenters. The topological polar surface area (TPSA) is 0 Å². The summed E-state index contributed by atoms with van der Waals surface area (Å²) in [5, 5.41) is 0. The maximum absolute atomic E-state index is 4.72. The zero-order valence-electron chi connectivity index (χ0n) is 24.9. The van der Waals surface area contributed by atoms with Crippen LogP contribution in [0.5, 0.6) is 0 Å². The molecule has 198 valence electrons. The molecule has 3 aromatic carbocycles. The smallest absolute Gasteiger partial charge is 0.0243 e. The SMILES string of the molecule is C=C(CC(C)CC(C)(C)C)CC(CCc1ccccc1)(c1cc(C)cc(C)c1)c1ccc(CC)c(C)c1. The molecular weight excluding hydrogens is 444 g/mol. The molecule has 0 nitrogen and oxygen atoms in total. The van der Waals surface area contributed by atoms with Crippen LogP contribution in [0.1, 0.15) is 99.2 Å². The van der Waals surface area contributed by atoms with Crippen LogP contribution in [-0.4, -0.2) is 0 Å². The minimum atomic E-state index is -0.109. The van der Waals surface area contributed by atoms with Crippen LogP contribution < -0.4 is 0 Å². The molecule has 3 rings (SSSR count). The molecule has 0 fully saturated rings. The predicted octanol–water partition coefficient (Wildman–Crippen LogP) is 10.5. The van der Waals surface area contributed by atoms with E-state index in [9.17, 15) is 0 Å². The first-order valence-electron chi connectivity index (χ1n) is 14.3. The van der Waals surface area contributed by atoms with E-state index in [2.05, 4.69) is 122 Å². The number of aryl methyl sites for hydroxylation is 5. The Kier molecular flexibility index (Phi) is 9.63. The molecule has 2 unspecified atom stereocenters. The van der Waals surface area contributed by atoms with Gasteiger partial charge < -0.3 is 0 Å². The summed E-state index contributed by atoms with van der Waals surface area (Å²) < 4.78 is 0. The van der Waals surface area contributed by atoms with E-state index in [4.69, 9.17) is 6.58 Å². The molecule has 0 heteroatoms. The van der Waals surface area contributed by atoms with Crippen LogP contribution in [0.3, 0.4) is 0 Å². The van der Waals surface area contributed by atoms with E-state index in [1.54, 1.807) is 0 Å². The molecule has 0 aliphatic heterocycles.